The third kappa shape index (κ3) is 3.95. The zero-order chi connectivity index (χ0) is 23.2. The second kappa shape index (κ2) is 8.07. The molecule has 1 saturated carbocycles. The minimum atomic E-state index is -3.01. The topological polar surface area (TPSA) is 91.3 Å². The Labute approximate surface area is 194 Å². The van der Waals surface area contributed by atoms with E-state index >= 15 is 0 Å². The molecule has 0 atom stereocenters. The van der Waals surface area contributed by atoms with Crippen LogP contribution in [0.15, 0.2) is 71.6 Å². The third-order valence-corrected chi connectivity index (χ3v) is 8.15. The van der Waals surface area contributed by atoms with E-state index in [1.807, 2.05) is 48.5 Å². The fourth-order valence-electron chi connectivity index (χ4n) is 4.02. The third-order valence-electron chi connectivity index (χ3n) is 6.25. The van der Waals surface area contributed by atoms with Gasteiger partial charge >= 0.3 is 0 Å². The number of nitrogens with one attached hydrogen (secondary N) is 1. The van der Waals surface area contributed by atoms with E-state index in [1.165, 1.54) is 4.31 Å². The van der Waals surface area contributed by atoms with Gasteiger partial charge in [-0.05, 0) is 65.9 Å². The zero-order valence-electron chi connectivity index (χ0n) is 18.4. The Morgan fingerprint density at radius 1 is 0.939 bits per heavy atom. The van der Waals surface area contributed by atoms with Gasteiger partial charge in [-0.2, -0.15) is 0 Å². The van der Waals surface area contributed by atoms with Gasteiger partial charge in [0.1, 0.15) is 0 Å². The van der Waals surface area contributed by atoms with Crippen molar-refractivity contribution in [1.82, 2.24) is 4.31 Å². The van der Waals surface area contributed by atoms with Crippen molar-refractivity contribution in [3.05, 3.63) is 72.3 Å². The van der Waals surface area contributed by atoms with Crippen molar-refractivity contribution in [1.29, 1.82) is 0 Å². The molecule has 3 aromatic rings. The van der Waals surface area contributed by atoms with Crippen molar-refractivity contribution in [2.45, 2.75) is 23.2 Å². The van der Waals surface area contributed by atoms with Crippen LogP contribution in [0.5, 0.6) is 11.5 Å². The number of hydrogen-bond donors (Lipinski definition) is 3. The summed E-state index contributed by atoms with van der Waals surface area (Å²) in [4.78, 5) is 13.6. The van der Waals surface area contributed by atoms with Gasteiger partial charge in [-0.3, -0.25) is 13.9 Å². The van der Waals surface area contributed by atoms with Crippen LogP contribution in [0.3, 0.4) is 0 Å². The van der Waals surface area contributed by atoms with Crippen LogP contribution in [-0.2, 0) is 10.2 Å². The lowest BCUT2D eigenvalue weighted by atomic mass is 9.94. The lowest BCUT2D eigenvalue weighted by Crippen LogP contribution is -2.27. The Balaban J connectivity index is 1.32. The minimum Gasteiger partial charge on any atom is -0.454 e. The maximum absolute atomic E-state index is 13.1. The average Bonchev–Trinajstić information content (AvgIpc) is 3.50. The lowest BCUT2D eigenvalue weighted by Gasteiger charge is -2.38. The van der Waals surface area contributed by atoms with Crippen LogP contribution in [0.25, 0.3) is 11.1 Å². The highest BCUT2D eigenvalue weighted by Gasteiger charge is 2.51. The minimum absolute atomic E-state index is 0.0314. The number of fused-ring (bicyclic) bond motifs is 1. The molecule has 1 aliphatic carbocycles. The van der Waals surface area contributed by atoms with Crippen LogP contribution < -0.4 is 14.8 Å². The first-order valence-electron chi connectivity index (χ1n) is 10.7. The van der Waals surface area contributed by atoms with E-state index in [2.05, 4.69) is 5.32 Å². The van der Waals surface area contributed by atoms with Gasteiger partial charge in [0.05, 0.1) is 10.3 Å². The van der Waals surface area contributed by atoms with E-state index in [0.717, 1.165) is 29.5 Å². The number of ether oxygens (including phenoxy) is 2. The number of benzene rings is 3. The van der Waals surface area contributed by atoms with E-state index in [0.29, 0.717) is 22.1 Å². The van der Waals surface area contributed by atoms with Crippen LogP contribution in [0.2, 0.25) is 0 Å². The van der Waals surface area contributed by atoms with Crippen LogP contribution in [0.4, 0.5) is 5.69 Å². The van der Waals surface area contributed by atoms with E-state index in [4.69, 9.17) is 9.47 Å². The highest BCUT2D eigenvalue weighted by atomic mass is 32.3. The predicted octanol–water partition coefficient (Wildman–Crippen LogP) is 5.34. The molecule has 3 N–H and O–H groups in total. The second-order valence-electron chi connectivity index (χ2n) is 8.54. The number of anilines is 1. The first kappa shape index (κ1) is 21.8. The van der Waals surface area contributed by atoms with Crippen molar-refractivity contribution in [3.8, 4) is 22.6 Å². The number of nitrogens with zero attached hydrogens (tertiary/aromatic N) is 1. The van der Waals surface area contributed by atoms with Gasteiger partial charge < -0.3 is 14.8 Å². The lowest BCUT2D eigenvalue weighted by molar-refractivity contribution is -0.118. The molecule has 1 aliphatic heterocycles. The van der Waals surface area contributed by atoms with Crippen molar-refractivity contribution in [3.63, 3.8) is 0 Å². The molecule has 0 saturated heterocycles. The Morgan fingerprint density at radius 2 is 1.67 bits per heavy atom. The van der Waals surface area contributed by atoms with Crippen molar-refractivity contribution in [2.24, 2.45) is 0 Å². The molecule has 1 fully saturated rings. The van der Waals surface area contributed by atoms with E-state index < -0.39 is 16.2 Å². The van der Waals surface area contributed by atoms with Gasteiger partial charge in [0.25, 0.3) is 0 Å². The maximum Gasteiger partial charge on any atom is 0.235 e. The van der Waals surface area contributed by atoms with Gasteiger partial charge in [0, 0.05) is 19.8 Å². The van der Waals surface area contributed by atoms with Gasteiger partial charge in [0.2, 0.25) is 12.7 Å². The zero-order valence-corrected chi connectivity index (χ0v) is 19.3. The molecule has 0 bridgehead atoms. The van der Waals surface area contributed by atoms with Crippen LogP contribution >= 0.6 is 10.8 Å². The molecule has 0 radical (unpaired) electrons. The fourth-order valence-corrected chi connectivity index (χ4v) is 4.99. The molecule has 172 valence electrons. The molecular weight excluding hydrogens is 440 g/mol. The molecular formula is C25H26N2O5S. The summed E-state index contributed by atoms with van der Waals surface area (Å²) in [6, 6.07) is 20.5. The van der Waals surface area contributed by atoms with Crippen LogP contribution in [0.1, 0.15) is 18.4 Å². The molecule has 2 aliphatic rings. The van der Waals surface area contributed by atoms with E-state index in [-0.39, 0.29) is 12.7 Å². The Hall–Kier alpha value is -3.04. The number of hydrogen-bond acceptors (Lipinski definition) is 6. The molecule has 0 unspecified atom stereocenters. The summed E-state index contributed by atoms with van der Waals surface area (Å²) in [5.41, 5.74) is 2.91. The van der Waals surface area contributed by atoms with Crippen molar-refractivity contribution in [2.75, 3.05) is 26.2 Å². The summed E-state index contributed by atoms with van der Waals surface area (Å²) >= 11 is 0. The first-order chi connectivity index (χ1) is 15.8. The molecule has 1 heterocycles. The molecule has 0 aromatic heterocycles. The van der Waals surface area contributed by atoms with Crippen molar-refractivity contribution >= 4 is 22.4 Å². The Bertz CT molecular complexity index is 1210. The molecule has 33 heavy (non-hydrogen) atoms. The van der Waals surface area contributed by atoms with Gasteiger partial charge in [-0.15, -0.1) is 10.8 Å². The van der Waals surface area contributed by atoms with Gasteiger partial charge in [-0.25, -0.2) is 4.31 Å². The second-order valence-corrected chi connectivity index (χ2v) is 10.8. The fraction of sp³-hybridized carbons (Fsp3) is 0.240. The molecule has 1 amide bonds. The van der Waals surface area contributed by atoms with Crippen LogP contribution in [0, 0.1) is 0 Å². The number of carbonyl (C=O) groups is 1. The molecule has 5 rings (SSSR count). The highest BCUT2D eigenvalue weighted by Crippen LogP contribution is 2.52. The summed E-state index contributed by atoms with van der Waals surface area (Å²) < 4.78 is 33.1. The average molecular weight is 467 g/mol. The normalized spacial score (nSPS) is 16.5. The van der Waals surface area contributed by atoms with Gasteiger partial charge in [-0.1, -0.05) is 30.3 Å². The first-order valence-corrected chi connectivity index (χ1v) is 12.2. The summed E-state index contributed by atoms with van der Waals surface area (Å²) in [7, 11) is 0.258. The van der Waals surface area contributed by atoms with E-state index in [9.17, 15) is 13.9 Å². The standard InChI is InChI=1S/C25H26N2O5S/c1-27(2)33(29,30)21-5-3-4-18(14-21)17-6-9-20(10-7-17)26-24(28)25(12-13-25)19-8-11-22-23(15-19)32-16-31-22/h3-11,14-15,29-30H,12-13,16H2,1-2H3,(H,26,28). The summed E-state index contributed by atoms with van der Waals surface area (Å²) in [6.45, 7) is 0.210. The largest absolute Gasteiger partial charge is 0.454 e. The molecule has 0 spiro atoms. The SMILES string of the molecule is CN(C)S(O)(O)c1cccc(-c2ccc(NC(=O)C3(c4ccc5c(c4)OCO5)CC3)cc2)c1. The maximum atomic E-state index is 13.1. The number of carbonyl (C=O) groups excluding carboxylic acids is 1. The van der Waals surface area contributed by atoms with Gasteiger partial charge in [0.15, 0.2) is 11.5 Å². The quantitative estimate of drug-likeness (QED) is 0.454. The van der Waals surface area contributed by atoms with Crippen molar-refractivity contribution < 1.29 is 23.4 Å². The number of amides is 1. The molecule has 7 nitrogen and oxygen atoms in total. The van der Waals surface area contributed by atoms with E-state index in [1.54, 1.807) is 32.3 Å². The number of rotatable bonds is 6. The molecule has 3 aromatic carbocycles. The summed E-state index contributed by atoms with van der Waals surface area (Å²) in [5, 5.41) is 3.05. The molecule has 8 heteroatoms. The summed E-state index contributed by atoms with van der Waals surface area (Å²) in [5.74, 6) is 1.36. The predicted molar refractivity (Wildman–Crippen MR) is 129 cm³/mol. The Kier molecular flexibility index (Phi) is 5.33. The smallest absolute Gasteiger partial charge is 0.235 e. The monoisotopic (exact) mass is 466 g/mol. The highest BCUT2D eigenvalue weighted by molar-refractivity contribution is 8.22. The Morgan fingerprint density at radius 3 is 2.36 bits per heavy atom. The van der Waals surface area contributed by atoms with Crippen LogP contribution in [-0.4, -0.2) is 40.2 Å². The summed E-state index contributed by atoms with van der Waals surface area (Å²) in [6.07, 6.45) is 1.59.